The van der Waals surface area contributed by atoms with E-state index in [0.29, 0.717) is 11.7 Å². The Morgan fingerprint density at radius 1 is 1.21 bits per heavy atom. The van der Waals surface area contributed by atoms with E-state index < -0.39 is 0 Å². The molecule has 0 radical (unpaired) electrons. The average Bonchev–Trinajstić information content (AvgIpc) is 2.77. The third-order valence-electron chi connectivity index (χ3n) is 3.97. The Balaban J connectivity index is 2.52. The zero-order chi connectivity index (χ0) is 14.3. The van der Waals surface area contributed by atoms with E-state index in [1.54, 1.807) is 0 Å². The molecule has 1 aliphatic rings. The molecule has 0 saturated heterocycles. The molecule has 1 aromatic rings. The first-order valence-corrected chi connectivity index (χ1v) is 6.80. The van der Waals surface area contributed by atoms with Crippen LogP contribution in [0.1, 0.15) is 43.0 Å². The van der Waals surface area contributed by atoms with Crippen LogP contribution in [0.25, 0.3) is 0 Å². The molecule has 0 amide bonds. The Kier molecular flexibility index (Phi) is 3.57. The Bertz CT molecular complexity index is 530. The number of esters is 1. The molecule has 1 atom stereocenters. The van der Waals surface area contributed by atoms with Crippen LogP contribution in [0.5, 0.6) is 11.5 Å². The zero-order valence-electron chi connectivity index (χ0n) is 12.6. The second-order valence-electron chi connectivity index (χ2n) is 5.71. The molecule has 0 N–H and O–H groups in total. The SMILES string of the molecule is CC(=O)Oc1c(C)c(C)c2c(c1C)CC(C(C)C)O2. The molecule has 1 unspecified atom stereocenters. The number of hydrogen-bond donors (Lipinski definition) is 0. The van der Waals surface area contributed by atoms with E-state index >= 15 is 0 Å². The van der Waals surface area contributed by atoms with Crippen LogP contribution in [-0.4, -0.2) is 12.1 Å². The zero-order valence-corrected chi connectivity index (χ0v) is 12.6. The van der Waals surface area contributed by atoms with Crippen LogP contribution in [0.4, 0.5) is 0 Å². The molecule has 0 spiro atoms. The Morgan fingerprint density at radius 2 is 1.84 bits per heavy atom. The normalized spacial score (nSPS) is 17.3. The lowest BCUT2D eigenvalue weighted by atomic mass is 9.94. The first-order valence-electron chi connectivity index (χ1n) is 6.80. The molecule has 3 heteroatoms. The maximum Gasteiger partial charge on any atom is 0.308 e. The fraction of sp³-hybridized carbons (Fsp3) is 0.562. The minimum atomic E-state index is -0.273. The third-order valence-corrected chi connectivity index (χ3v) is 3.97. The molecular formula is C16H22O3. The average molecular weight is 262 g/mol. The molecule has 0 bridgehead atoms. The van der Waals surface area contributed by atoms with Gasteiger partial charge in [-0.3, -0.25) is 4.79 Å². The third kappa shape index (κ3) is 2.34. The van der Waals surface area contributed by atoms with Crippen LogP contribution in [0.15, 0.2) is 0 Å². The summed E-state index contributed by atoms with van der Waals surface area (Å²) >= 11 is 0. The summed E-state index contributed by atoms with van der Waals surface area (Å²) in [5.41, 5.74) is 4.31. The molecule has 104 valence electrons. The summed E-state index contributed by atoms with van der Waals surface area (Å²) in [5, 5.41) is 0. The van der Waals surface area contributed by atoms with Crippen molar-refractivity contribution in [2.75, 3.05) is 0 Å². The fourth-order valence-corrected chi connectivity index (χ4v) is 2.62. The lowest BCUT2D eigenvalue weighted by molar-refractivity contribution is -0.131. The lowest BCUT2D eigenvalue weighted by Gasteiger charge is -2.17. The minimum Gasteiger partial charge on any atom is -0.489 e. The van der Waals surface area contributed by atoms with Crippen molar-refractivity contribution in [2.24, 2.45) is 5.92 Å². The lowest BCUT2D eigenvalue weighted by Crippen LogP contribution is -2.20. The van der Waals surface area contributed by atoms with Crippen LogP contribution >= 0.6 is 0 Å². The molecule has 2 rings (SSSR count). The number of ether oxygens (including phenoxy) is 2. The van der Waals surface area contributed by atoms with E-state index in [0.717, 1.165) is 28.9 Å². The predicted octanol–water partition coefficient (Wildman–Crippen LogP) is 3.50. The molecule has 1 aliphatic heterocycles. The Hall–Kier alpha value is -1.51. The number of hydrogen-bond acceptors (Lipinski definition) is 3. The van der Waals surface area contributed by atoms with E-state index in [2.05, 4.69) is 13.8 Å². The maximum absolute atomic E-state index is 11.2. The van der Waals surface area contributed by atoms with Gasteiger partial charge in [-0.15, -0.1) is 0 Å². The largest absolute Gasteiger partial charge is 0.489 e. The van der Waals surface area contributed by atoms with Crippen LogP contribution in [0.3, 0.4) is 0 Å². The Labute approximate surface area is 114 Å². The van der Waals surface area contributed by atoms with E-state index in [-0.39, 0.29) is 12.1 Å². The van der Waals surface area contributed by atoms with E-state index in [1.165, 1.54) is 12.5 Å². The second kappa shape index (κ2) is 4.87. The van der Waals surface area contributed by atoms with Crippen molar-refractivity contribution in [3.8, 4) is 11.5 Å². The first kappa shape index (κ1) is 13.9. The summed E-state index contributed by atoms with van der Waals surface area (Å²) in [6.07, 6.45) is 1.12. The van der Waals surface area contributed by atoms with Crippen molar-refractivity contribution >= 4 is 5.97 Å². The van der Waals surface area contributed by atoms with E-state index in [1.807, 2.05) is 20.8 Å². The fourth-order valence-electron chi connectivity index (χ4n) is 2.62. The summed E-state index contributed by atoms with van der Waals surface area (Å²) in [7, 11) is 0. The van der Waals surface area contributed by atoms with Gasteiger partial charge >= 0.3 is 5.97 Å². The van der Waals surface area contributed by atoms with Gasteiger partial charge in [0.1, 0.15) is 17.6 Å². The molecule has 0 fully saturated rings. The van der Waals surface area contributed by atoms with Gasteiger partial charge in [0, 0.05) is 18.9 Å². The van der Waals surface area contributed by atoms with Gasteiger partial charge < -0.3 is 9.47 Å². The topological polar surface area (TPSA) is 35.5 Å². The number of carbonyl (C=O) groups is 1. The van der Waals surface area contributed by atoms with Crippen molar-refractivity contribution in [3.63, 3.8) is 0 Å². The van der Waals surface area contributed by atoms with Gasteiger partial charge in [0.25, 0.3) is 0 Å². The molecule has 0 aromatic heterocycles. The summed E-state index contributed by atoms with van der Waals surface area (Å²) in [6, 6.07) is 0. The molecular weight excluding hydrogens is 240 g/mol. The highest BCUT2D eigenvalue weighted by molar-refractivity contribution is 5.72. The predicted molar refractivity (Wildman–Crippen MR) is 74.9 cm³/mol. The number of benzene rings is 1. The van der Waals surface area contributed by atoms with E-state index in [4.69, 9.17) is 9.47 Å². The highest BCUT2D eigenvalue weighted by Gasteiger charge is 2.31. The Morgan fingerprint density at radius 3 is 2.37 bits per heavy atom. The van der Waals surface area contributed by atoms with E-state index in [9.17, 15) is 4.79 Å². The minimum absolute atomic E-state index is 0.222. The molecule has 0 aliphatic carbocycles. The van der Waals surface area contributed by atoms with Gasteiger partial charge in [0.05, 0.1) is 0 Å². The highest BCUT2D eigenvalue weighted by atomic mass is 16.5. The second-order valence-corrected chi connectivity index (χ2v) is 5.71. The van der Waals surface area contributed by atoms with Crippen molar-refractivity contribution in [2.45, 2.75) is 54.1 Å². The van der Waals surface area contributed by atoms with Gasteiger partial charge in [0.15, 0.2) is 0 Å². The van der Waals surface area contributed by atoms with Crippen LogP contribution in [-0.2, 0) is 11.2 Å². The molecule has 3 nitrogen and oxygen atoms in total. The number of rotatable bonds is 2. The first-order chi connectivity index (χ1) is 8.82. The summed E-state index contributed by atoms with van der Waals surface area (Å²) in [5.74, 6) is 1.90. The summed E-state index contributed by atoms with van der Waals surface area (Å²) in [6.45, 7) is 11.8. The van der Waals surface area contributed by atoms with Crippen molar-refractivity contribution in [1.29, 1.82) is 0 Å². The molecule has 0 saturated carbocycles. The highest BCUT2D eigenvalue weighted by Crippen LogP contribution is 2.43. The summed E-state index contributed by atoms with van der Waals surface area (Å²) < 4.78 is 11.5. The molecule has 19 heavy (non-hydrogen) atoms. The monoisotopic (exact) mass is 262 g/mol. The number of carbonyl (C=O) groups excluding carboxylic acids is 1. The summed E-state index contributed by atoms with van der Waals surface area (Å²) in [4.78, 5) is 11.2. The standard InChI is InChI=1S/C16H22O3/c1-8(2)14-7-13-11(5)15(18-12(6)17)9(3)10(4)16(13)19-14/h8,14H,7H2,1-6H3. The van der Waals surface area contributed by atoms with Gasteiger partial charge in [-0.25, -0.2) is 0 Å². The quantitative estimate of drug-likeness (QED) is 0.604. The smallest absolute Gasteiger partial charge is 0.308 e. The van der Waals surface area contributed by atoms with Crippen molar-refractivity contribution < 1.29 is 14.3 Å². The number of fused-ring (bicyclic) bond motifs is 1. The van der Waals surface area contributed by atoms with Crippen LogP contribution in [0.2, 0.25) is 0 Å². The van der Waals surface area contributed by atoms with Gasteiger partial charge in [0.2, 0.25) is 0 Å². The van der Waals surface area contributed by atoms with Gasteiger partial charge in [-0.05, 0) is 43.4 Å². The molecule has 1 aromatic carbocycles. The van der Waals surface area contributed by atoms with Crippen LogP contribution < -0.4 is 9.47 Å². The molecule has 1 heterocycles. The van der Waals surface area contributed by atoms with Gasteiger partial charge in [-0.2, -0.15) is 0 Å². The van der Waals surface area contributed by atoms with Crippen LogP contribution in [0, 0.1) is 26.7 Å². The van der Waals surface area contributed by atoms with Crippen molar-refractivity contribution in [1.82, 2.24) is 0 Å². The van der Waals surface area contributed by atoms with Crippen molar-refractivity contribution in [3.05, 3.63) is 22.3 Å². The van der Waals surface area contributed by atoms with Gasteiger partial charge in [-0.1, -0.05) is 13.8 Å². The maximum atomic E-state index is 11.2.